The van der Waals surface area contributed by atoms with Crippen LogP contribution in [0.25, 0.3) is 0 Å². The summed E-state index contributed by atoms with van der Waals surface area (Å²) in [6.07, 6.45) is 4.67. The number of hydrogen-bond acceptors (Lipinski definition) is 2. The number of aliphatic hydroxyl groups excluding tert-OH is 1. The Labute approximate surface area is 87.1 Å². The van der Waals surface area contributed by atoms with E-state index in [0.717, 1.165) is 18.8 Å². The van der Waals surface area contributed by atoms with Gasteiger partial charge in [0.05, 0.1) is 13.2 Å². The number of hydrogen-bond donors (Lipinski definition) is 2. The van der Waals surface area contributed by atoms with Gasteiger partial charge in [-0.2, -0.15) is 0 Å². The van der Waals surface area contributed by atoms with Gasteiger partial charge in [-0.1, -0.05) is 25.7 Å². The molecule has 0 saturated heterocycles. The van der Waals surface area contributed by atoms with Crippen LogP contribution in [0.15, 0.2) is 0 Å². The first-order chi connectivity index (χ1) is 6.72. The molecular weight excluding hydrogens is 174 g/mol. The van der Waals surface area contributed by atoms with E-state index in [2.05, 4.69) is 24.1 Å². The molecule has 1 saturated carbocycles. The van der Waals surface area contributed by atoms with Gasteiger partial charge in [0.2, 0.25) is 0 Å². The molecule has 0 aromatic carbocycles. The van der Waals surface area contributed by atoms with Crippen LogP contribution in [0.2, 0.25) is 0 Å². The van der Waals surface area contributed by atoms with E-state index >= 15 is 0 Å². The predicted molar refractivity (Wildman–Crippen MR) is 58.9 cm³/mol. The van der Waals surface area contributed by atoms with Gasteiger partial charge < -0.3 is 5.11 Å². The maximum absolute atomic E-state index is 9.45. The zero-order chi connectivity index (χ0) is 10.4. The van der Waals surface area contributed by atoms with Crippen molar-refractivity contribution in [3.8, 4) is 11.8 Å². The Bertz CT molecular complexity index is 228. The van der Waals surface area contributed by atoms with Gasteiger partial charge in [-0.05, 0) is 25.7 Å². The Morgan fingerprint density at radius 2 is 2.36 bits per heavy atom. The van der Waals surface area contributed by atoms with Crippen molar-refractivity contribution in [2.24, 2.45) is 5.92 Å². The molecule has 0 bridgehead atoms. The first-order valence-corrected chi connectivity index (χ1v) is 5.48. The Hall–Kier alpha value is -0.520. The SMILES string of the molecule is CC#CCNC1(CO)CCCC(C)C1. The van der Waals surface area contributed by atoms with Gasteiger partial charge >= 0.3 is 0 Å². The minimum atomic E-state index is -0.0541. The van der Waals surface area contributed by atoms with E-state index < -0.39 is 0 Å². The average molecular weight is 195 g/mol. The fourth-order valence-electron chi connectivity index (χ4n) is 2.34. The van der Waals surface area contributed by atoms with Crippen molar-refractivity contribution in [1.82, 2.24) is 5.32 Å². The third-order valence-corrected chi connectivity index (χ3v) is 3.12. The quantitative estimate of drug-likeness (QED) is 0.670. The summed E-state index contributed by atoms with van der Waals surface area (Å²) >= 11 is 0. The molecule has 0 spiro atoms. The van der Waals surface area contributed by atoms with Gasteiger partial charge in [0.1, 0.15) is 0 Å². The molecule has 1 fully saturated rings. The standard InChI is InChI=1S/C12H21NO/c1-3-4-8-13-12(10-14)7-5-6-11(2)9-12/h11,13-14H,5-10H2,1-2H3. The highest BCUT2D eigenvalue weighted by atomic mass is 16.3. The molecule has 1 aliphatic rings. The van der Waals surface area contributed by atoms with Crippen LogP contribution in [0, 0.1) is 17.8 Å². The summed E-state index contributed by atoms with van der Waals surface area (Å²) in [4.78, 5) is 0. The summed E-state index contributed by atoms with van der Waals surface area (Å²) in [6.45, 7) is 5.04. The van der Waals surface area contributed by atoms with E-state index in [1.165, 1.54) is 12.8 Å². The van der Waals surface area contributed by atoms with Crippen molar-refractivity contribution >= 4 is 0 Å². The smallest absolute Gasteiger partial charge is 0.0613 e. The average Bonchev–Trinajstić information content (AvgIpc) is 2.18. The van der Waals surface area contributed by atoms with Crippen LogP contribution < -0.4 is 5.32 Å². The van der Waals surface area contributed by atoms with Gasteiger partial charge in [-0.25, -0.2) is 0 Å². The van der Waals surface area contributed by atoms with E-state index in [4.69, 9.17) is 0 Å². The molecule has 0 amide bonds. The molecule has 2 unspecified atom stereocenters. The van der Waals surface area contributed by atoms with Crippen molar-refractivity contribution in [2.75, 3.05) is 13.2 Å². The summed E-state index contributed by atoms with van der Waals surface area (Å²) in [5, 5.41) is 12.8. The molecular formula is C12H21NO. The first kappa shape index (κ1) is 11.6. The molecule has 2 nitrogen and oxygen atoms in total. The largest absolute Gasteiger partial charge is 0.394 e. The van der Waals surface area contributed by atoms with Crippen LogP contribution >= 0.6 is 0 Å². The van der Waals surface area contributed by atoms with Crippen LogP contribution in [0.1, 0.15) is 39.5 Å². The lowest BCUT2D eigenvalue weighted by molar-refractivity contribution is 0.104. The normalized spacial score (nSPS) is 32.1. The highest BCUT2D eigenvalue weighted by Crippen LogP contribution is 2.31. The van der Waals surface area contributed by atoms with Crippen LogP contribution in [0.4, 0.5) is 0 Å². The van der Waals surface area contributed by atoms with Crippen LogP contribution in [-0.2, 0) is 0 Å². The van der Waals surface area contributed by atoms with Crippen molar-refractivity contribution in [3.05, 3.63) is 0 Å². The molecule has 14 heavy (non-hydrogen) atoms. The van der Waals surface area contributed by atoms with E-state index in [9.17, 15) is 5.11 Å². The molecule has 2 N–H and O–H groups in total. The summed E-state index contributed by atoms with van der Waals surface area (Å²) in [7, 11) is 0. The number of nitrogens with one attached hydrogen (secondary N) is 1. The highest BCUT2D eigenvalue weighted by molar-refractivity contribution is 5.01. The Balaban J connectivity index is 2.49. The second-order valence-corrected chi connectivity index (χ2v) is 4.42. The van der Waals surface area contributed by atoms with Crippen LogP contribution in [0.5, 0.6) is 0 Å². The fourth-order valence-corrected chi connectivity index (χ4v) is 2.34. The molecule has 0 aromatic rings. The van der Waals surface area contributed by atoms with Crippen molar-refractivity contribution < 1.29 is 5.11 Å². The Kier molecular flexibility index (Phi) is 4.44. The predicted octanol–water partition coefficient (Wildman–Crippen LogP) is 1.54. The van der Waals surface area contributed by atoms with Crippen LogP contribution in [0.3, 0.4) is 0 Å². The highest BCUT2D eigenvalue weighted by Gasteiger charge is 2.33. The first-order valence-electron chi connectivity index (χ1n) is 5.48. The summed E-state index contributed by atoms with van der Waals surface area (Å²) < 4.78 is 0. The van der Waals surface area contributed by atoms with E-state index in [-0.39, 0.29) is 12.1 Å². The monoisotopic (exact) mass is 195 g/mol. The van der Waals surface area contributed by atoms with Crippen molar-refractivity contribution in [3.63, 3.8) is 0 Å². The Morgan fingerprint density at radius 1 is 1.57 bits per heavy atom. The van der Waals surface area contributed by atoms with Crippen molar-refractivity contribution in [1.29, 1.82) is 0 Å². The van der Waals surface area contributed by atoms with Crippen LogP contribution in [-0.4, -0.2) is 23.8 Å². The zero-order valence-electron chi connectivity index (χ0n) is 9.27. The van der Waals surface area contributed by atoms with Gasteiger partial charge in [0.25, 0.3) is 0 Å². The van der Waals surface area contributed by atoms with Gasteiger partial charge in [-0.3, -0.25) is 5.32 Å². The lowest BCUT2D eigenvalue weighted by Gasteiger charge is -2.39. The zero-order valence-corrected chi connectivity index (χ0v) is 9.27. The molecule has 0 radical (unpaired) electrons. The molecule has 1 rings (SSSR count). The molecule has 80 valence electrons. The Morgan fingerprint density at radius 3 is 2.93 bits per heavy atom. The summed E-state index contributed by atoms with van der Waals surface area (Å²) in [6, 6.07) is 0. The third-order valence-electron chi connectivity index (χ3n) is 3.12. The third kappa shape index (κ3) is 3.01. The topological polar surface area (TPSA) is 32.3 Å². The summed E-state index contributed by atoms with van der Waals surface area (Å²) in [5.74, 6) is 6.58. The molecule has 0 heterocycles. The second kappa shape index (κ2) is 5.38. The molecule has 0 aliphatic heterocycles. The van der Waals surface area contributed by atoms with E-state index in [1.807, 2.05) is 6.92 Å². The number of aliphatic hydroxyl groups is 1. The minimum absolute atomic E-state index is 0.0541. The molecule has 0 aromatic heterocycles. The summed E-state index contributed by atoms with van der Waals surface area (Å²) in [5.41, 5.74) is -0.0541. The lowest BCUT2D eigenvalue weighted by atomic mass is 9.77. The minimum Gasteiger partial charge on any atom is -0.394 e. The van der Waals surface area contributed by atoms with Gasteiger partial charge in [0.15, 0.2) is 0 Å². The fraction of sp³-hybridized carbons (Fsp3) is 0.833. The van der Waals surface area contributed by atoms with Gasteiger partial charge in [0, 0.05) is 5.54 Å². The van der Waals surface area contributed by atoms with E-state index in [0.29, 0.717) is 6.54 Å². The molecule has 1 aliphatic carbocycles. The molecule has 2 atom stereocenters. The maximum atomic E-state index is 9.45. The van der Waals surface area contributed by atoms with Gasteiger partial charge in [-0.15, -0.1) is 5.92 Å². The van der Waals surface area contributed by atoms with E-state index in [1.54, 1.807) is 0 Å². The lowest BCUT2D eigenvalue weighted by Crippen LogP contribution is -2.51. The van der Waals surface area contributed by atoms with Crippen molar-refractivity contribution in [2.45, 2.75) is 45.1 Å². The second-order valence-electron chi connectivity index (χ2n) is 4.42. The molecule has 2 heteroatoms. The maximum Gasteiger partial charge on any atom is 0.0613 e. The number of rotatable bonds is 3.